The Morgan fingerprint density at radius 2 is 0.945 bits per heavy atom. The Kier molecular flexibility index (Phi) is 29.6. The number of carbonyl (C=O) groups is 4. The number of nitriles is 3. The number of carbonyl (C=O) groups excluding carboxylic acids is 4. The lowest BCUT2D eigenvalue weighted by Gasteiger charge is -2.40. The predicted octanol–water partition coefficient (Wildman–Crippen LogP) is 10.4. The van der Waals surface area contributed by atoms with Gasteiger partial charge in [0.2, 0.25) is 40.1 Å². The van der Waals surface area contributed by atoms with E-state index >= 15 is 0 Å². The molecule has 4 aromatic heterocycles. The molecule has 5 aliphatic heterocycles. The van der Waals surface area contributed by atoms with Crippen molar-refractivity contribution in [3.8, 4) is 53.0 Å². The fourth-order valence-corrected chi connectivity index (χ4v) is 19.9. The van der Waals surface area contributed by atoms with Gasteiger partial charge in [-0.3, -0.25) is 19.2 Å². The molecule has 9 N–H and O–H groups in total. The quantitative estimate of drug-likeness (QED) is 0.0261. The van der Waals surface area contributed by atoms with E-state index < -0.39 is 151 Å². The number of aryl methyl sites for hydroxylation is 7. The summed E-state index contributed by atoms with van der Waals surface area (Å²) in [6.45, 7) is 19.3. The van der Waals surface area contributed by atoms with Crippen molar-refractivity contribution < 1.29 is 112 Å². The molecule has 127 heavy (non-hydrogen) atoms. The van der Waals surface area contributed by atoms with Crippen molar-refractivity contribution in [2.45, 2.75) is 129 Å². The molecule has 0 aliphatic carbocycles. The first kappa shape index (κ1) is 98.2. The molecule has 8 aromatic rings. The van der Waals surface area contributed by atoms with Crippen molar-refractivity contribution >= 4 is 86.5 Å². The molecule has 0 spiro atoms. The summed E-state index contributed by atoms with van der Waals surface area (Å²) in [6.07, 6.45) is -0.179. The van der Waals surface area contributed by atoms with Gasteiger partial charge in [-0.05, 0) is 131 Å². The molecule has 4 amide bonds. The van der Waals surface area contributed by atoms with E-state index in [0.29, 0.717) is 84.8 Å². The van der Waals surface area contributed by atoms with Crippen LogP contribution in [-0.4, -0.2) is 156 Å². The molecule has 5 aliphatic rings. The van der Waals surface area contributed by atoms with Crippen LogP contribution in [0.3, 0.4) is 0 Å². The number of nitrogens with one attached hydrogen (secondary N) is 8. The third-order valence-corrected chi connectivity index (χ3v) is 26.9. The van der Waals surface area contributed by atoms with Gasteiger partial charge >= 0.3 is 12.4 Å². The Morgan fingerprint density at radius 1 is 0.567 bits per heavy atom. The summed E-state index contributed by atoms with van der Waals surface area (Å²) in [5, 5.41) is 47.8. The maximum absolute atomic E-state index is 13.5. The maximum Gasteiger partial charge on any atom is 0.422 e. The van der Waals surface area contributed by atoms with Gasteiger partial charge in [-0.15, -0.1) is 25.0 Å². The average Bonchev–Trinajstić information content (AvgIpc) is 1.61. The van der Waals surface area contributed by atoms with Gasteiger partial charge in [0.1, 0.15) is 51.8 Å². The SMILES string of the molecule is C.C=CC(O)(C1COc2c(cn(C)c2C(=O)Nc2ccc(F)c(C(F)(F)F)c2)S(=O)(=O)N1)C(F)(F)F.C=CC1(C2COc3c(cn(C)c3C(=O)Nc3ccc(C)c(C#N)c3)S(=O)(=O)N2)CCOCC1.C=CCC1(C)COc2c(cn(C)c2C(=O)Nc2ccc(C)c(C#N)c2)S(=O)(=O)N1.CC#CCC1COc2c(cn(C)c2C(=O)Nc2ccc(C)c(C#N)c2)S(=O)(=O)N1. The number of hydrogen-bond acceptors (Lipinski definition) is 21. The second kappa shape index (κ2) is 38.3. The smallest absolute Gasteiger partial charge is 0.422 e. The van der Waals surface area contributed by atoms with Crippen LogP contribution in [0, 0.1) is 77.8 Å². The summed E-state index contributed by atoms with van der Waals surface area (Å²) in [7, 11) is -10.6. The molecule has 4 aromatic carbocycles. The van der Waals surface area contributed by atoms with Gasteiger partial charge in [-0.1, -0.05) is 44.4 Å². The highest BCUT2D eigenvalue weighted by Crippen LogP contribution is 2.44. The van der Waals surface area contributed by atoms with Crippen LogP contribution in [0.5, 0.6) is 23.0 Å². The number of aromatic nitrogens is 4. The number of hydrogen-bond donors (Lipinski definition) is 9. The zero-order valence-corrected chi connectivity index (χ0v) is 72.0. The molecule has 13 rings (SSSR count). The predicted molar refractivity (Wildman–Crippen MR) is 449 cm³/mol. The van der Waals surface area contributed by atoms with Crippen LogP contribution >= 0.6 is 0 Å². The molecule has 9 heterocycles. The van der Waals surface area contributed by atoms with Crippen LogP contribution < -0.4 is 59.1 Å². The van der Waals surface area contributed by atoms with E-state index in [1.54, 1.807) is 127 Å². The molecule has 676 valence electrons. The van der Waals surface area contributed by atoms with E-state index in [4.69, 9.17) is 28.9 Å². The van der Waals surface area contributed by atoms with Crippen LogP contribution in [0.15, 0.2) is 155 Å². The zero-order chi connectivity index (χ0) is 92.9. The number of halogens is 7. The number of aliphatic hydroxyl groups is 1. The third kappa shape index (κ3) is 21.1. The fourth-order valence-electron chi connectivity index (χ4n) is 13.9. The van der Waals surface area contributed by atoms with Gasteiger partial charge in [0.25, 0.3) is 23.6 Å². The first-order valence-electron chi connectivity index (χ1n) is 37.7. The van der Waals surface area contributed by atoms with Gasteiger partial charge in [-0.25, -0.2) is 56.9 Å². The van der Waals surface area contributed by atoms with E-state index in [2.05, 4.69) is 79.9 Å². The monoisotopic (exact) mass is 1840 g/mol. The number of amides is 4. The lowest BCUT2D eigenvalue weighted by molar-refractivity contribution is -0.249. The molecule has 1 fully saturated rings. The highest BCUT2D eigenvalue weighted by atomic mass is 32.2. The third-order valence-electron chi connectivity index (χ3n) is 20.8. The topological polar surface area (TPSA) is 459 Å². The number of sulfonamides is 4. The molecule has 0 radical (unpaired) electrons. The zero-order valence-electron chi connectivity index (χ0n) is 68.7. The lowest BCUT2D eigenvalue weighted by atomic mass is 9.74. The highest BCUT2D eigenvalue weighted by Gasteiger charge is 2.59. The maximum atomic E-state index is 13.5. The van der Waals surface area contributed by atoms with E-state index in [1.807, 2.05) is 5.32 Å². The summed E-state index contributed by atoms with van der Waals surface area (Å²) >= 11 is 0. The number of alkyl halides is 6. The van der Waals surface area contributed by atoms with Crippen molar-refractivity contribution in [1.29, 1.82) is 15.8 Å². The number of anilines is 4. The Morgan fingerprint density at radius 3 is 1.33 bits per heavy atom. The number of fused-ring (bicyclic) bond motifs is 4. The normalized spacial score (nSPS) is 19.3. The van der Waals surface area contributed by atoms with E-state index in [9.17, 15) is 99.2 Å². The van der Waals surface area contributed by atoms with Crippen molar-refractivity contribution in [3.05, 3.63) is 203 Å². The van der Waals surface area contributed by atoms with Crippen LogP contribution in [0.4, 0.5) is 53.5 Å². The number of rotatable bonds is 15. The van der Waals surface area contributed by atoms with E-state index in [0.717, 1.165) is 33.5 Å². The van der Waals surface area contributed by atoms with Gasteiger partial charge in [0.15, 0.2) is 51.4 Å². The summed E-state index contributed by atoms with van der Waals surface area (Å²) in [6, 6.07) is 19.3. The minimum Gasteiger partial charge on any atom is -0.488 e. The fraction of sp³-hybridized carbons (Fsp3) is 0.337. The van der Waals surface area contributed by atoms with Gasteiger partial charge < -0.3 is 68.3 Å². The molecule has 5 atom stereocenters. The van der Waals surface area contributed by atoms with Crippen LogP contribution in [-0.2, 0) is 79.2 Å². The summed E-state index contributed by atoms with van der Waals surface area (Å²) in [5.74, 6) is 0.412. The molecule has 44 heteroatoms. The first-order chi connectivity index (χ1) is 59.0. The average molecular weight is 1840 g/mol. The largest absolute Gasteiger partial charge is 0.488 e. The van der Waals surface area contributed by atoms with Crippen molar-refractivity contribution in [2.24, 2.45) is 33.6 Å². The minimum absolute atomic E-state index is 0. The summed E-state index contributed by atoms with van der Waals surface area (Å²) in [5.41, 5.74) is -2.68. The number of ether oxygens (including phenoxy) is 5. The van der Waals surface area contributed by atoms with Crippen molar-refractivity contribution in [3.63, 3.8) is 0 Å². The van der Waals surface area contributed by atoms with Crippen LogP contribution in [0.2, 0.25) is 0 Å². The molecule has 1 saturated heterocycles. The minimum atomic E-state index is -5.36. The van der Waals surface area contributed by atoms with Crippen LogP contribution in [0.25, 0.3) is 0 Å². The van der Waals surface area contributed by atoms with Crippen molar-refractivity contribution in [2.75, 3.05) is 60.9 Å². The number of nitrogens with zero attached hydrogens (tertiary/aromatic N) is 7. The highest BCUT2D eigenvalue weighted by molar-refractivity contribution is 7.90. The second-order valence-corrected chi connectivity index (χ2v) is 36.5. The van der Waals surface area contributed by atoms with Gasteiger partial charge in [0.05, 0.1) is 64.1 Å². The van der Waals surface area contributed by atoms with E-state index in [-0.39, 0.29) is 82.3 Å². The summed E-state index contributed by atoms with van der Waals surface area (Å²) < 4.78 is 238. The number of benzene rings is 4. The molecule has 0 bridgehead atoms. The molecular weight excluding hydrogens is 1760 g/mol. The van der Waals surface area contributed by atoms with Crippen LogP contribution in [0.1, 0.15) is 128 Å². The van der Waals surface area contributed by atoms with Gasteiger partial charge in [0, 0.05) is 101 Å². The van der Waals surface area contributed by atoms with Crippen molar-refractivity contribution in [1.82, 2.24) is 37.2 Å². The molecule has 33 nitrogen and oxygen atoms in total. The van der Waals surface area contributed by atoms with Gasteiger partial charge in [-0.2, -0.15) is 42.1 Å². The summed E-state index contributed by atoms with van der Waals surface area (Å²) in [4.78, 5) is 50.7. The molecule has 5 unspecified atom stereocenters. The lowest BCUT2D eigenvalue weighted by Crippen LogP contribution is -2.61. The Labute approximate surface area is 727 Å². The Hall–Kier alpha value is -12.6. The second-order valence-electron chi connectivity index (χ2n) is 29.8. The molecular formula is C83H88F7N15O18S4. The van der Waals surface area contributed by atoms with E-state index in [1.165, 1.54) is 39.3 Å². The molecule has 0 saturated carbocycles. The first-order valence-corrected chi connectivity index (χ1v) is 43.6. The Bertz CT molecular complexity index is 6400. The Balaban J connectivity index is 0.000000191. The standard InChI is InChI=1S/C23H26N4O5S.C20H22N4O4S.C20H20N4O4S.C19H16F7N3O5S.CH4/c1-4-23(7-9-31-10-8-23)19-14-32-21-18(33(29,30)26-19)13-27(3)20(21)22(28)25-17-6-5-15(2)16(11-17)12-24;1-5-8-20(3)12-28-18-16(29(26,27)23-20)11-24(4)17(18)19(25)22-15-7-6-13(2)14(9-15)10-21;1-4-5-6-16-12-28-19-17(29(26,27)23-16)11-24(3)18(19)20(25)22-15-8-7-13(2)14(9-15)10-21;1-3-17(31,19(24,25)26)13-8-34-15-12(35(32,33)28-13)7-29(2)14(15)16(30)27-9-4-5-11(20)10(6-9)18(21,22)23;/h4-6,11,13,19,26H,1,7-10,14H2,2-3H3,(H,25,28);5-7,9,11,23H,1,8,12H2,2-4H3,(H,22,25);7-9,11,16,23H,6,12H2,1-3H3,(H,22,25);3-7,13,28,31H,1,8H2,2H3,(H,27,30);1H4.